The number of thiophene rings is 1. The number of fused-ring (bicyclic) bond motifs is 1. The molecule has 0 saturated carbocycles. The van der Waals surface area contributed by atoms with Gasteiger partial charge in [0.1, 0.15) is 17.9 Å². The normalized spacial score (nSPS) is 11.0. The molecule has 0 saturated heterocycles. The Bertz CT molecular complexity index is 1500. The number of unbranched alkanes of at least 4 members (excludes halogenated alkanes) is 2. The van der Waals surface area contributed by atoms with Crippen molar-refractivity contribution in [3.8, 4) is 0 Å². The predicted molar refractivity (Wildman–Crippen MR) is 148 cm³/mol. The number of aromatic nitrogens is 2. The lowest BCUT2D eigenvalue weighted by atomic mass is 10.1. The van der Waals surface area contributed by atoms with Crippen LogP contribution in [0.3, 0.4) is 0 Å². The smallest absolute Gasteiger partial charge is 0.332 e. The number of amides is 1. The maximum atomic E-state index is 13.2. The number of benzene rings is 2. The van der Waals surface area contributed by atoms with Gasteiger partial charge < -0.3 is 10.1 Å². The predicted octanol–water partition coefficient (Wildman–Crippen LogP) is 4.15. The third-order valence-electron chi connectivity index (χ3n) is 6.26. The Kier molecular flexibility index (Phi) is 9.26. The molecule has 0 spiro atoms. The third-order valence-corrected chi connectivity index (χ3v) is 7.15. The standard InChI is InChI=1S/C29H31N3O5S/c1-21-11-13-22(14-12-21)18-30-25(33)10-6-3-7-16-31-28(35)27-24(15-17-38-27)32(29(31)36)19-26(34)37-20-23-8-4-2-5-9-23/h2,4-5,8-9,11-15,17H,3,6-7,10,16,18-20H2,1H3,(H,30,33). The summed E-state index contributed by atoms with van der Waals surface area (Å²) in [5, 5.41) is 4.65. The fourth-order valence-electron chi connectivity index (χ4n) is 4.12. The van der Waals surface area contributed by atoms with E-state index in [-0.39, 0.29) is 31.2 Å². The Balaban J connectivity index is 1.31. The molecule has 0 fully saturated rings. The van der Waals surface area contributed by atoms with E-state index in [1.807, 2.05) is 61.5 Å². The molecule has 2 aromatic heterocycles. The van der Waals surface area contributed by atoms with Crippen molar-refractivity contribution in [2.45, 2.75) is 58.8 Å². The SMILES string of the molecule is Cc1ccc(CNC(=O)CCCCCn2c(=O)c3sccc3n(CC(=O)OCc3ccccc3)c2=O)cc1. The zero-order chi connectivity index (χ0) is 26.9. The van der Waals surface area contributed by atoms with Crippen LogP contribution in [0.5, 0.6) is 0 Å². The van der Waals surface area contributed by atoms with E-state index in [9.17, 15) is 19.2 Å². The van der Waals surface area contributed by atoms with Crippen LogP contribution < -0.4 is 16.6 Å². The second-order valence-electron chi connectivity index (χ2n) is 9.18. The summed E-state index contributed by atoms with van der Waals surface area (Å²) in [7, 11) is 0. The summed E-state index contributed by atoms with van der Waals surface area (Å²) >= 11 is 1.24. The molecule has 4 aromatic rings. The highest BCUT2D eigenvalue weighted by Crippen LogP contribution is 2.16. The number of aryl methyl sites for hydroxylation is 1. The number of ether oxygens (including phenoxy) is 1. The zero-order valence-electron chi connectivity index (χ0n) is 21.4. The van der Waals surface area contributed by atoms with Crippen molar-refractivity contribution in [3.63, 3.8) is 0 Å². The van der Waals surface area contributed by atoms with Crippen molar-refractivity contribution in [1.82, 2.24) is 14.5 Å². The second kappa shape index (κ2) is 13.0. The monoisotopic (exact) mass is 533 g/mol. The molecule has 8 nitrogen and oxygen atoms in total. The van der Waals surface area contributed by atoms with E-state index in [2.05, 4.69) is 5.32 Å². The van der Waals surface area contributed by atoms with E-state index in [0.717, 1.165) is 11.1 Å². The molecule has 0 aliphatic rings. The van der Waals surface area contributed by atoms with Crippen molar-refractivity contribution < 1.29 is 14.3 Å². The second-order valence-corrected chi connectivity index (χ2v) is 10.1. The number of carbonyl (C=O) groups excluding carboxylic acids is 2. The van der Waals surface area contributed by atoms with Gasteiger partial charge in [-0.15, -0.1) is 11.3 Å². The average molecular weight is 534 g/mol. The molecule has 38 heavy (non-hydrogen) atoms. The van der Waals surface area contributed by atoms with E-state index in [4.69, 9.17) is 4.74 Å². The first kappa shape index (κ1) is 27.1. The summed E-state index contributed by atoms with van der Waals surface area (Å²) in [6.07, 6.45) is 2.28. The molecule has 2 aromatic carbocycles. The fraction of sp³-hybridized carbons (Fsp3) is 0.310. The van der Waals surface area contributed by atoms with E-state index >= 15 is 0 Å². The van der Waals surface area contributed by atoms with Gasteiger partial charge in [-0.05, 0) is 42.3 Å². The number of nitrogens with zero attached hydrogens (tertiary/aromatic N) is 2. The van der Waals surface area contributed by atoms with Crippen molar-refractivity contribution in [3.05, 3.63) is 104 Å². The zero-order valence-corrected chi connectivity index (χ0v) is 22.2. The molecule has 0 aliphatic carbocycles. The van der Waals surface area contributed by atoms with Gasteiger partial charge in [0.15, 0.2) is 0 Å². The molecule has 0 bridgehead atoms. The number of carbonyl (C=O) groups is 2. The number of hydrogen-bond acceptors (Lipinski definition) is 6. The van der Waals surface area contributed by atoms with Crippen molar-refractivity contribution in [2.24, 2.45) is 0 Å². The van der Waals surface area contributed by atoms with Crippen LogP contribution in [-0.2, 0) is 40.6 Å². The van der Waals surface area contributed by atoms with Gasteiger partial charge in [-0.3, -0.25) is 23.5 Å². The molecule has 2 heterocycles. The average Bonchev–Trinajstić information content (AvgIpc) is 3.42. The molecule has 1 amide bonds. The van der Waals surface area contributed by atoms with Crippen molar-refractivity contribution in [2.75, 3.05) is 0 Å². The molecule has 0 radical (unpaired) electrons. The lowest BCUT2D eigenvalue weighted by Crippen LogP contribution is -2.40. The van der Waals surface area contributed by atoms with Gasteiger partial charge in [0.25, 0.3) is 5.56 Å². The molecule has 4 rings (SSSR count). The number of esters is 1. The minimum atomic E-state index is -0.551. The summed E-state index contributed by atoms with van der Waals surface area (Å²) in [6, 6.07) is 19.0. The molecule has 0 atom stereocenters. The van der Waals surface area contributed by atoms with Gasteiger partial charge in [0.05, 0.1) is 5.52 Å². The Morgan fingerprint density at radius 3 is 2.42 bits per heavy atom. The molecule has 198 valence electrons. The Morgan fingerprint density at radius 1 is 0.895 bits per heavy atom. The van der Waals surface area contributed by atoms with Crippen molar-refractivity contribution >= 4 is 33.4 Å². The van der Waals surface area contributed by atoms with Crippen LogP contribution in [0.25, 0.3) is 10.2 Å². The van der Waals surface area contributed by atoms with Gasteiger partial charge in [-0.2, -0.15) is 0 Å². The largest absolute Gasteiger partial charge is 0.459 e. The van der Waals surface area contributed by atoms with Gasteiger partial charge in [-0.25, -0.2) is 4.79 Å². The highest BCUT2D eigenvalue weighted by Gasteiger charge is 2.17. The highest BCUT2D eigenvalue weighted by molar-refractivity contribution is 7.17. The van der Waals surface area contributed by atoms with Crippen LogP contribution in [0, 0.1) is 6.92 Å². The van der Waals surface area contributed by atoms with Crippen molar-refractivity contribution in [1.29, 1.82) is 0 Å². The topological polar surface area (TPSA) is 99.4 Å². The summed E-state index contributed by atoms with van der Waals surface area (Å²) in [5.74, 6) is -0.579. The lowest BCUT2D eigenvalue weighted by Gasteiger charge is -2.12. The maximum absolute atomic E-state index is 13.2. The van der Waals surface area contributed by atoms with Gasteiger partial charge >= 0.3 is 11.7 Å². The number of hydrogen-bond donors (Lipinski definition) is 1. The summed E-state index contributed by atoms with van der Waals surface area (Å²) in [6.45, 7) is 2.56. The number of nitrogens with one attached hydrogen (secondary N) is 1. The van der Waals surface area contributed by atoms with E-state index < -0.39 is 11.7 Å². The molecular weight excluding hydrogens is 502 g/mol. The third kappa shape index (κ3) is 7.07. The Morgan fingerprint density at radius 2 is 1.66 bits per heavy atom. The molecular formula is C29H31N3O5S. The molecule has 0 aliphatic heterocycles. The van der Waals surface area contributed by atoms with Crippen LogP contribution in [0.1, 0.15) is 42.4 Å². The summed E-state index contributed by atoms with van der Waals surface area (Å²) in [5.41, 5.74) is 2.61. The lowest BCUT2D eigenvalue weighted by molar-refractivity contribution is -0.145. The quantitative estimate of drug-likeness (QED) is 0.218. The van der Waals surface area contributed by atoms with E-state index in [1.54, 1.807) is 11.4 Å². The molecule has 0 unspecified atom stereocenters. The Hall–Kier alpha value is -3.98. The molecule has 1 N–H and O–H groups in total. The number of rotatable bonds is 12. The summed E-state index contributed by atoms with van der Waals surface area (Å²) < 4.78 is 8.26. The van der Waals surface area contributed by atoms with Gasteiger partial charge in [-0.1, -0.05) is 66.6 Å². The minimum Gasteiger partial charge on any atom is -0.459 e. The first-order valence-corrected chi connectivity index (χ1v) is 13.5. The van der Waals surface area contributed by atoms with Gasteiger partial charge in [0, 0.05) is 19.5 Å². The van der Waals surface area contributed by atoms with Gasteiger partial charge in [0.2, 0.25) is 5.91 Å². The summed E-state index contributed by atoms with van der Waals surface area (Å²) in [4.78, 5) is 50.8. The fourth-order valence-corrected chi connectivity index (χ4v) is 4.97. The maximum Gasteiger partial charge on any atom is 0.332 e. The molecule has 9 heteroatoms. The first-order valence-electron chi connectivity index (χ1n) is 12.6. The van der Waals surface area contributed by atoms with Crippen LogP contribution >= 0.6 is 11.3 Å². The minimum absolute atomic E-state index is 0.0286. The van der Waals surface area contributed by atoms with Crippen LogP contribution in [0.2, 0.25) is 0 Å². The van der Waals surface area contributed by atoms with E-state index in [1.165, 1.54) is 26.0 Å². The first-order chi connectivity index (χ1) is 18.4. The Labute approximate surface area is 224 Å². The highest BCUT2D eigenvalue weighted by atomic mass is 32.1. The van der Waals surface area contributed by atoms with Crippen LogP contribution in [0.15, 0.2) is 75.6 Å². The van der Waals surface area contributed by atoms with Crippen LogP contribution in [0.4, 0.5) is 0 Å². The van der Waals surface area contributed by atoms with Crippen LogP contribution in [-0.4, -0.2) is 21.0 Å². The van der Waals surface area contributed by atoms with E-state index in [0.29, 0.717) is 42.4 Å².